The molecular weight excluding hydrogens is 172 g/mol. The van der Waals surface area contributed by atoms with Crippen LogP contribution in [0.5, 0.6) is 0 Å². The lowest BCUT2D eigenvalue weighted by molar-refractivity contribution is 0.497. The van der Waals surface area contributed by atoms with Crippen molar-refractivity contribution >= 4 is 10.8 Å². The van der Waals surface area contributed by atoms with Gasteiger partial charge in [-0.25, -0.2) is 0 Å². The summed E-state index contributed by atoms with van der Waals surface area (Å²) in [6, 6.07) is 13.1. The average Bonchev–Trinajstić information content (AvgIpc) is 2.26. The lowest BCUT2D eigenvalue weighted by atomic mass is 10.00. The first-order valence-electron chi connectivity index (χ1n) is 4.90. The molecule has 70 valence electrons. The van der Waals surface area contributed by atoms with Crippen molar-refractivity contribution in [3.8, 4) is 0 Å². The predicted octanol–water partition coefficient (Wildman–Crippen LogP) is 1.95. The molecule has 0 bridgehead atoms. The largest absolute Gasteiger partial charge is 0.253 e. The smallest absolute Gasteiger partial charge is 0.0354 e. The van der Waals surface area contributed by atoms with Gasteiger partial charge in [-0.1, -0.05) is 24.3 Å². The maximum atomic E-state index is 3.16. The summed E-state index contributed by atoms with van der Waals surface area (Å²) in [5, 5.41) is 2.66. The highest BCUT2D eigenvalue weighted by Gasteiger charge is 2.08. The molecule has 2 heteroatoms. The van der Waals surface area contributed by atoms with E-state index in [0.717, 1.165) is 13.1 Å². The molecule has 2 N–H and O–H groups in total. The van der Waals surface area contributed by atoms with Gasteiger partial charge < -0.3 is 0 Å². The van der Waals surface area contributed by atoms with Crippen LogP contribution in [0.2, 0.25) is 0 Å². The van der Waals surface area contributed by atoms with Crippen molar-refractivity contribution in [3.63, 3.8) is 0 Å². The first-order chi connectivity index (χ1) is 6.93. The summed E-state index contributed by atoms with van der Waals surface area (Å²) in [6.07, 6.45) is 0. The number of hydrogen-bond donors (Lipinski definition) is 2. The molecule has 0 aliphatic carbocycles. The van der Waals surface area contributed by atoms with E-state index in [1.807, 2.05) is 0 Å². The molecule has 0 radical (unpaired) electrons. The molecule has 0 amide bonds. The second-order valence-electron chi connectivity index (χ2n) is 3.68. The van der Waals surface area contributed by atoms with Crippen molar-refractivity contribution < 1.29 is 0 Å². The van der Waals surface area contributed by atoms with E-state index < -0.39 is 0 Å². The van der Waals surface area contributed by atoms with Crippen LogP contribution in [-0.2, 0) is 13.1 Å². The predicted molar refractivity (Wildman–Crippen MR) is 57.6 cm³/mol. The lowest BCUT2D eigenvalue weighted by Gasteiger charge is -2.18. The summed E-state index contributed by atoms with van der Waals surface area (Å²) < 4.78 is 0. The zero-order chi connectivity index (χ0) is 9.38. The van der Waals surface area contributed by atoms with Crippen molar-refractivity contribution in [3.05, 3.63) is 47.5 Å². The lowest BCUT2D eigenvalue weighted by Crippen LogP contribution is -2.35. The third-order valence-electron chi connectivity index (χ3n) is 2.75. The summed E-state index contributed by atoms with van der Waals surface area (Å²) >= 11 is 0. The Morgan fingerprint density at radius 1 is 0.786 bits per heavy atom. The molecule has 3 rings (SSSR count). The minimum Gasteiger partial charge on any atom is -0.253 e. The summed E-state index contributed by atoms with van der Waals surface area (Å²) in [5.74, 6) is 0. The van der Waals surface area contributed by atoms with Crippen molar-refractivity contribution in [1.29, 1.82) is 0 Å². The van der Waals surface area contributed by atoms with Crippen molar-refractivity contribution in [2.45, 2.75) is 13.1 Å². The van der Waals surface area contributed by atoms with E-state index in [4.69, 9.17) is 0 Å². The molecule has 0 saturated heterocycles. The van der Waals surface area contributed by atoms with E-state index in [2.05, 4.69) is 47.2 Å². The molecule has 0 spiro atoms. The topological polar surface area (TPSA) is 24.1 Å². The molecule has 1 aliphatic rings. The van der Waals surface area contributed by atoms with Crippen LogP contribution in [-0.4, -0.2) is 0 Å². The van der Waals surface area contributed by atoms with Gasteiger partial charge in [-0.05, 0) is 34.0 Å². The number of hydrogen-bond acceptors (Lipinski definition) is 2. The molecule has 0 fully saturated rings. The minimum atomic E-state index is 0.917. The van der Waals surface area contributed by atoms with Gasteiger partial charge in [0.25, 0.3) is 0 Å². The third kappa shape index (κ3) is 1.20. The summed E-state index contributed by atoms with van der Waals surface area (Å²) in [4.78, 5) is 0. The minimum absolute atomic E-state index is 0.917. The Kier molecular flexibility index (Phi) is 1.76. The summed E-state index contributed by atoms with van der Waals surface area (Å²) in [5.41, 5.74) is 9.12. The zero-order valence-electron chi connectivity index (χ0n) is 7.88. The number of rotatable bonds is 0. The number of nitrogens with one attached hydrogen (secondary N) is 2. The monoisotopic (exact) mass is 184 g/mol. The second-order valence-corrected chi connectivity index (χ2v) is 3.68. The molecule has 2 aromatic rings. The fourth-order valence-electron chi connectivity index (χ4n) is 1.98. The van der Waals surface area contributed by atoms with Crippen molar-refractivity contribution in [2.75, 3.05) is 0 Å². The fraction of sp³-hybridized carbons (Fsp3) is 0.167. The van der Waals surface area contributed by atoms with E-state index in [9.17, 15) is 0 Å². The van der Waals surface area contributed by atoms with Gasteiger partial charge in [-0.2, -0.15) is 0 Å². The van der Waals surface area contributed by atoms with Gasteiger partial charge in [0.05, 0.1) is 0 Å². The van der Waals surface area contributed by atoms with Crippen LogP contribution in [0.15, 0.2) is 36.4 Å². The Balaban J connectivity index is 2.27. The van der Waals surface area contributed by atoms with Gasteiger partial charge in [0, 0.05) is 13.1 Å². The first-order valence-corrected chi connectivity index (χ1v) is 4.90. The van der Waals surface area contributed by atoms with Crippen LogP contribution in [0.4, 0.5) is 0 Å². The van der Waals surface area contributed by atoms with Gasteiger partial charge in [-0.15, -0.1) is 0 Å². The SMILES string of the molecule is c1ccc2cc3c(cc2c1)CNNC3. The van der Waals surface area contributed by atoms with E-state index in [0.29, 0.717) is 0 Å². The van der Waals surface area contributed by atoms with Crippen molar-refractivity contribution in [1.82, 2.24) is 10.9 Å². The summed E-state index contributed by atoms with van der Waals surface area (Å²) in [7, 11) is 0. The van der Waals surface area contributed by atoms with E-state index in [1.165, 1.54) is 21.9 Å². The number of benzene rings is 2. The number of fused-ring (bicyclic) bond motifs is 2. The molecule has 1 aliphatic heterocycles. The molecule has 0 aromatic heterocycles. The number of hydrazine groups is 1. The third-order valence-corrected chi connectivity index (χ3v) is 2.75. The van der Waals surface area contributed by atoms with E-state index in [1.54, 1.807) is 0 Å². The average molecular weight is 184 g/mol. The molecule has 2 nitrogen and oxygen atoms in total. The van der Waals surface area contributed by atoms with E-state index >= 15 is 0 Å². The van der Waals surface area contributed by atoms with Crippen LogP contribution in [0.3, 0.4) is 0 Å². The quantitative estimate of drug-likeness (QED) is 0.654. The maximum Gasteiger partial charge on any atom is 0.0354 e. The standard InChI is InChI=1S/C12H12N2/c1-2-4-10-6-12-8-14-13-7-11(12)5-9(10)3-1/h1-6,13-14H,7-8H2. The van der Waals surface area contributed by atoms with Gasteiger partial charge in [-0.3, -0.25) is 10.9 Å². The highest BCUT2D eigenvalue weighted by Crippen LogP contribution is 2.21. The normalized spacial score (nSPS) is 15.4. The van der Waals surface area contributed by atoms with Gasteiger partial charge in [0.15, 0.2) is 0 Å². The van der Waals surface area contributed by atoms with E-state index in [-0.39, 0.29) is 0 Å². The van der Waals surface area contributed by atoms with Gasteiger partial charge in [0.2, 0.25) is 0 Å². The molecule has 2 aromatic carbocycles. The molecule has 0 unspecified atom stereocenters. The van der Waals surface area contributed by atoms with Crippen LogP contribution in [0.25, 0.3) is 10.8 Å². The molecular formula is C12H12N2. The Labute approximate surface area is 82.9 Å². The second kappa shape index (κ2) is 3.08. The molecule has 0 saturated carbocycles. The first kappa shape index (κ1) is 7.97. The maximum absolute atomic E-state index is 3.16. The Bertz CT molecular complexity index is 432. The molecule has 1 heterocycles. The highest BCUT2D eigenvalue weighted by atomic mass is 15.4. The Morgan fingerprint density at radius 3 is 1.79 bits per heavy atom. The van der Waals surface area contributed by atoms with Gasteiger partial charge in [0.1, 0.15) is 0 Å². The zero-order valence-corrected chi connectivity index (χ0v) is 7.88. The fourth-order valence-corrected chi connectivity index (χ4v) is 1.98. The van der Waals surface area contributed by atoms with Crippen LogP contribution >= 0.6 is 0 Å². The molecule has 0 atom stereocenters. The van der Waals surface area contributed by atoms with Crippen molar-refractivity contribution in [2.24, 2.45) is 0 Å². The van der Waals surface area contributed by atoms with Crippen LogP contribution in [0.1, 0.15) is 11.1 Å². The highest BCUT2D eigenvalue weighted by molar-refractivity contribution is 5.84. The Morgan fingerprint density at radius 2 is 1.29 bits per heavy atom. The Hall–Kier alpha value is -1.38. The van der Waals surface area contributed by atoms with Gasteiger partial charge >= 0.3 is 0 Å². The van der Waals surface area contributed by atoms with Crippen LogP contribution in [0, 0.1) is 0 Å². The van der Waals surface area contributed by atoms with Crippen LogP contribution < -0.4 is 10.9 Å². The summed E-state index contributed by atoms with van der Waals surface area (Å²) in [6.45, 7) is 1.83. The molecule has 14 heavy (non-hydrogen) atoms.